The largest absolute Gasteiger partial charge is 0.547 e. The molecular formula is C16H30OSi. The van der Waals surface area contributed by atoms with Gasteiger partial charge in [-0.3, -0.25) is 0 Å². The molecule has 0 aromatic heterocycles. The fraction of sp³-hybridized carbons (Fsp3) is 0.750. The molecule has 104 valence electrons. The molecule has 0 amide bonds. The summed E-state index contributed by atoms with van der Waals surface area (Å²) >= 11 is 0. The first-order chi connectivity index (χ1) is 8.53. The summed E-state index contributed by atoms with van der Waals surface area (Å²) < 4.78 is 6.50. The molecule has 0 aromatic rings. The predicted molar refractivity (Wildman–Crippen MR) is 83.1 cm³/mol. The van der Waals surface area contributed by atoms with Crippen LogP contribution in [0, 0.1) is 5.41 Å². The van der Waals surface area contributed by atoms with Crippen LogP contribution in [-0.4, -0.2) is 8.32 Å². The van der Waals surface area contributed by atoms with Gasteiger partial charge in [0.05, 0.1) is 5.76 Å². The fourth-order valence-electron chi connectivity index (χ4n) is 2.90. The normalized spacial score (nSPS) is 23.9. The van der Waals surface area contributed by atoms with Crippen molar-refractivity contribution in [1.82, 2.24) is 0 Å². The van der Waals surface area contributed by atoms with Gasteiger partial charge < -0.3 is 4.43 Å². The van der Waals surface area contributed by atoms with E-state index in [0.717, 1.165) is 12.8 Å². The van der Waals surface area contributed by atoms with Crippen molar-refractivity contribution in [2.24, 2.45) is 5.41 Å². The lowest BCUT2D eigenvalue weighted by Crippen LogP contribution is -2.35. The number of rotatable bonds is 8. The minimum atomic E-state index is -1.46. The summed E-state index contributed by atoms with van der Waals surface area (Å²) in [6.07, 6.45) is 9.15. The minimum Gasteiger partial charge on any atom is -0.547 e. The van der Waals surface area contributed by atoms with Gasteiger partial charge in [-0.15, -0.1) is 6.58 Å². The Kier molecular flexibility index (Phi) is 5.70. The summed E-state index contributed by atoms with van der Waals surface area (Å²) in [6, 6.07) is 3.71. The average molecular weight is 267 g/mol. The first kappa shape index (κ1) is 15.6. The van der Waals surface area contributed by atoms with Crippen molar-refractivity contribution in [2.45, 2.75) is 71.5 Å². The average Bonchev–Trinajstić information content (AvgIpc) is 2.76. The Morgan fingerprint density at radius 3 is 2.44 bits per heavy atom. The maximum atomic E-state index is 6.50. The molecule has 0 saturated carbocycles. The molecule has 0 spiro atoms. The Balaban J connectivity index is 2.68. The van der Waals surface area contributed by atoms with E-state index in [0.29, 0.717) is 5.41 Å². The second-order valence-corrected chi connectivity index (χ2v) is 10.6. The van der Waals surface area contributed by atoms with Crippen LogP contribution in [0.15, 0.2) is 24.5 Å². The van der Waals surface area contributed by atoms with Crippen LogP contribution in [0.4, 0.5) is 0 Å². The summed E-state index contributed by atoms with van der Waals surface area (Å²) in [5.41, 5.74) is 0.346. The molecule has 1 aliphatic carbocycles. The zero-order valence-corrected chi connectivity index (χ0v) is 13.7. The third kappa shape index (κ3) is 3.74. The molecule has 18 heavy (non-hydrogen) atoms. The molecule has 0 saturated heterocycles. The van der Waals surface area contributed by atoms with Gasteiger partial charge in [0.25, 0.3) is 0 Å². The van der Waals surface area contributed by atoms with Crippen LogP contribution >= 0.6 is 0 Å². The Hall–Kier alpha value is -0.503. The van der Waals surface area contributed by atoms with Crippen molar-refractivity contribution >= 4 is 8.32 Å². The monoisotopic (exact) mass is 266 g/mol. The standard InChI is InChI=1S/C16H30OSi/c1-6-10-12-16(5)13-11-15(14-16)17-18(7-2,8-3)9-4/h6,14H,1,7-13H2,2-5H3/t16-/m0/s1. The third-order valence-corrected chi connectivity index (χ3v) is 9.21. The topological polar surface area (TPSA) is 9.23 Å². The number of allylic oxidation sites excluding steroid dienone is 3. The van der Waals surface area contributed by atoms with Gasteiger partial charge in [-0.1, -0.05) is 33.8 Å². The molecule has 0 aromatic carbocycles. The highest BCUT2D eigenvalue weighted by molar-refractivity contribution is 6.73. The predicted octanol–water partition coefficient (Wildman–Crippen LogP) is 5.66. The van der Waals surface area contributed by atoms with E-state index in [2.05, 4.69) is 40.3 Å². The Labute approximate surface area is 114 Å². The second kappa shape index (κ2) is 6.60. The van der Waals surface area contributed by atoms with E-state index in [-0.39, 0.29) is 0 Å². The highest BCUT2D eigenvalue weighted by atomic mass is 28.4. The SMILES string of the molecule is C=CCC[C@]1(C)C=C(O[Si](CC)(CC)CC)CC1. The molecule has 0 aliphatic heterocycles. The molecule has 2 heteroatoms. The van der Waals surface area contributed by atoms with E-state index in [9.17, 15) is 0 Å². The summed E-state index contributed by atoms with van der Waals surface area (Å²) in [5, 5.41) is 0. The van der Waals surface area contributed by atoms with E-state index in [1.54, 1.807) is 0 Å². The molecule has 1 aliphatic rings. The van der Waals surface area contributed by atoms with Crippen molar-refractivity contribution < 1.29 is 4.43 Å². The summed E-state index contributed by atoms with van der Waals surface area (Å²) in [7, 11) is -1.46. The van der Waals surface area contributed by atoms with Gasteiger partial charge in [-0.25, -0.2) is 0 Å². The van der Waals surface area contributed by atoms with Crippen LogP contribution in [-0.2, 0) is 4.43 Å². The van der Waals surface area contributed by atoms with Crippen molar-refractivity contribution in [1.29, 1.82) is 0 Å². The molecule has 0 fully saturated rings. The maximum Gasteiger partial charge on any atom is 0.250 e. The zero-order chi connectivity index (χ0) is 13.6. The molecule has 0 radical (unpaired) electrons. The van der Waals surface area contributed by atoms with Crippen LogP contribution < -0.4 is 0 Å². The van der Waals surface area contributed by atoms with Crippen molar-refractivity contribution in [3.05, 3.63) is 24.5 Å². The van der Waals surface area contributed by atoms with Gasteiger partial charge in [0.1, 0.15) is 0 Å². The first-order valence-electron chi connectivity index (χ1n) is 7.54. The van der Waals surface area contributed by atoms with E-state index in [1.807, 2.05) is 6.08 Å². The smallest absolute Gasteiger partial charge is 0.250 e. The van der Waals surface area contributed by atoms with Crippen molar-refractivity contribution in [3.8, 4) is 0 Å². The number of hydrogen-bond donors (Lipinski definition) is 0. The van der Waals surface area contributed by atoms with E-state index < -0.39 is 8.32 Å². The molecule has 1 rings (SSSR count). The van der Waals surface area contributed by atoms with E-state index in [4.69, 9.17) is 4.43 Å². The van der Waals surface area contributed by atoms with Gasteiger partial charge in [-0.05, 0) is 48.9 Å². The molecular weight excluding hydrogens is 236 g/mol. The van der Waals surface area contributed by atoms with Crippen LogP contribution in [0.25, 0.3) is 0 Å². The van der Waals surface area contributed by atoms with Crippen LogP contribution in [0.3, 0.4) is 0 Å². The highest BCUT2D eigenvalue weighted by Crippen LogP contribution is 2.41. The quantitative estimate of drug-likeness (QED) is 0.407. The van der Waals surface area contributed by atoms with Gasteiger partial charge in [0.2, 0.25) is 8.32 Å². The molecule has 0 bridgehead atoms. The molecule has 0 N–H and O–H groups in total. The lowest BCUT2D eigenvalue weighted by molar-refractivity contribution is 0.376. The molecule has 1 atom stereocenters. The Bertz CT molecular complexity index is 296. The maximum absolute atomic E-state index is 6.50. The summed E-state index contributed by atoms with van der Waals surface area (Å²) in [6.45, 7) is 13.1. The zero-order valence-electron chi connectivity index (χ0n) is 12.7. The highest BCUT2D eigenvalue weighted by Gasteiger charge is 2.35. The lowest BCUT2D eigenvalue weighted by atomic mass is 9.85. The number of hydrogen-bond acceptors (Lipinski definition) is 1. The Morgan fingerprint density at radius 1 is 1.33 bits per heavy atom. The lowest BCUT2D eigenvalue weighted by Gasteiger charge is -2.29. The van der Waals surface area contributed by atoms with Gasteiger partial charge in [0, 0.05) is 6.42 Å². The second-order valence-electron chi connectivity index (χ2n) is 5.94. The van der Waals surface area contributed by atoms with Crippen LogP contribution in [0.1, 0.15) is 53.4 Å². The molecule has 0 heterocycles. The van der Waals surface area contributed by atoms with Gasteiger partial charge in [0.15, 0.2) is 0 Å². The molecule has 1 nitrogen and oxygen atoms in total. The first-order valence-corrected chi connectivity index (χ1v) is 10.1. The summed E-state index contributed by atoms with van der Waals surface area (Å²) in [4.78, 5) is 0. The fourth-order valence-corrected chi connectivity index (χ4v) is 5.55. The van der Waals surface area contributed by atoms with Crippen molar-refractivity contribution in [2.75, 3.05) is 0 Å². The summed E-state index contributed by atoms with van der Waals surface area (Å²) in [5.74, 6) is 1.29. The van der Waals surface area contributed by atoms with Crippen LogP contribution in [0.5, 0.6) is 0 Å². The van der Waals surface area contributed by atoms with E-state index in [1.165, 1.54) is 36.7 Å². The molecule has 0 unspecified atom stereocenters. The minimum absolute atomic E-state index is 0.346. The Morgan fingerprint density at radius 2 is 1.94 bits per heavy atom. The van der Waals surface area contributed by atoms with Gasteiger partial charge >= 0.3 is 0 Å². The van der Waals surface area contributed by atoms with Crippen molar-refractivity contribution in [3.63, 3.8) is 0 Å². The van der Waals surface area contributed by atoms with Crippen LogP contribution in [0.2, 0.25) is 18.1 Å². The van der Waals surface area contributed by atoms with E-state index >= 15 is 0 Å². The third-order valence-electron chi connectivity index (χ3n) is 4.65. The van der Waals surface area contributed by atoms with Gasteiger partial charge in [-0.2, -0.15) is 0 Å².